The lowest BCUT2D eigenvalue weighted by molar-refractivity contribution is -0.257. The lowest BCUT2D eigenvalue weighted by Gasteiger charge is -2.44. The predicted molar refractivity (Wildman–Crippen MR) is 133 cm³/mol. The Morgan fingerprint density at radius 1 is 0.897 bits per heavy atom. The van der Waals surface area contributed by atoms with Gasteiger partial charge in [0.25, 0.3) is 0 Å². The highest BCUT2D eigenvalue weighted by molar-refractivity contribution is 6.06. The fraction of sp³-hybridized carbons (Fsp3) is 0.370. The maximum Gasteiger partial charge on any atom is 0.303 e. The number of carbonyl (C=O) groups excluding carboxylic acids is 5. The molecule has 208 valence electrons. The maximum atomic E-state index is 12.5. The number of rotatable bonds is 10. The van der Waals surface area contributed by atoms with E-state index in [1.54, 1.807) is 18.2 Å². The molecule has 1 aromatic carbocycles. The third kappa shape index (κ3) is 8.54. The van der Waals surface area contributed by atoms with Gasteiger partial charge in [-0.3, -0.25) is 24.0 Å². The van der Waals surface area contributed by atoms with Crippen LogP contribution in [0.1, 0.15) is 43.8 Å². The van der Waals surface area contributed by atoms with Crippen molar-refractivity contribution in [1.29, 1.82) is 0 Å². The van der Waals surface area contributed by atoms with Crippen molar-refractivity contribution in [2.45, 2.75) is 58.3 Å². The molecular formula is C27H29NO11. The van der Waals surface area contributed by atoms with Crippen molar-refractivity contribution in [3.63, 3.8) is 0 Å². The number of allylic oxidation sites excluding steroid dienone is 1. The first-order valence-corrected chi connectivity index (χ1v) is 12.0. The van der Waals surface area contributed by atoms with Gasteiger partial charge in [0.15, 0.2) is 18.0 Å². The largest absolute Gasteiger partial charge is 0.465 e. The molecular weight excluding hydrogens is 514 g/mol. The Morgan fingerprint density at radius 3 is 2.13 bits per heavy atom. The van der Waals surface area contributed by atoms with Gasteiger partial charge in [0.05, 0.1) is 6.26 Å². The third-order valence-corrected chi connectivity index (χ3v) is 5.40. The second-order valence-electron chi connectivity index (χ2n) is 8.58. The first kappa shape index (κ1) is 29.1. The molecule has 1 aromatic heterocycles. The number of carbonyl (C=O) groups is 5. The van der Waals surface area contributed by atoms with Gasteiger partial charge in [0, 0.05) is 33.3 Å². The normalized spacial score (nSPS) is 22.5. The summed E-state index contributed by atoms with van der Waals surface area (Å²) in [5, 5.41) is 2.62. The Hall–Kier alpha value is -4.45. The minimum atomic E-state index is -1.27. The van der Waals surface area contributed by atoms with Crippen LogP contribution in [0.15, 0.2) is 53.2 Å². The van der Waals surface area contributed by atoms with Crippen molar-refractivity contribution in [3.05, 3.63) is 60.1 Å². The van der Waals surface area contributed by atoms with Crippen LogP contribution in [-0.2, 0) is 38.1 Å². The minimum Gasteiger partial charge on any atom is -0.465 e. The molecule has 1 fully saturated rings. The van der Waals surface area contributed by atoms with E-state index in [2.05, 4.69) is 5.32 Å². The van der Waals surface area contributed by atoms with E-state index in [1.807, 2.05) is 0 Å². The summed E-state index contributed by atoms with van der Waals surface area (Å²) in [5.74, 6) is -2.05. The van der Waals surface area contributed by atoms with Gasteiger partial charge in [-0.25, -0.2) is 0 Å². The van der Waals surface area contributed by atoms with Crippen LogP contribution in [-0.4, -0.2) is 66.8 Å². The third-order valence-electron chi connectivity index (χ3n) is 5.40. The first-order chi connectivity index (χ1) is 18.5. The molecule has 0 aliphatic carbocycles. The van der Waals surface area contributed by atoms with E-state index in [-0.39, 0.29) is 18.1 Å². The van der Waals surface area contributed by atoms with Gasteiger partial charge >= 0.3 is 17.9 Å². The summed E-state index contributed by atoms with van der Waals surface area (Å²) in [5.41, 5.74) is 0.369. The molecule has 2 aromatic rings. The van der Waals surface area contributed by atoms with Gasteiger partial charge in [0.1, 0.15) is 30.3 Å². The van der Waals surface area contributed by atoms with E-state index in [9.17, 15) is 24.0 Å². The monoisotopic (exact) mass is 543 g/mol. The van der Waals surface area contributed by atoms with Crippen LogP contribution in [0.2, 0.25) is 0 Å². The molecule has 0 radical (unpaired) electrons. The number of benzene rings is 1. The molecule has 1 amide bonds. The van der Waals surface area contributed by atoms with Crippen molar-refractivity contribution < 1.29 is 52.1 Å². The second kappa shape index (κ2) is 13.4. The Balaban J connectivity index is 1.86. The van der Waals surface area contributed by atoms with Crippen molar-refractivity contribution in [3.8, 4) is 5.75 Å². The SMILES string of the molecule is CC(=O)N[C@@H]1[C@H](Oc2ccc(C(=O)/C=C/c3ccco3)cc2)O[C@H](COC(C)=O)[C@@H](OC(C)=O)[C@H]1OC(C)=O. The zero-order valence-electron chi connectivity index (χ0n) is 21.8. The summed E-state index contributed by atoms with van der Waals surface area (Å²) in [6.45, 7) is 4.37. The zero-order chi connectivity index (χ0) is 28.5. The molecule has 1 N–H and O–H groups in total. The summed E-state index contributed by atoms with van der Waals surface area (Å²) >= 11 is 0. The summed E-state index contributed by atoms with van der Waals surface area (Å²) < 4.78 is 33.0. The Morgan fingerprint density at radius 2 is 1.56 bits per heavy atom. The van der Waals surface area contributed by atoms with E-state index < -0.39 is 54.5 Å². The molecule has 3 rings (SSSR count). The summed E-state index contributed by atoms with van der Waals surface area (Å²) in [6, 6.07) is 8.38. The molecule has 39 heavy (non-hydrogen) atoms. The fourth-order valence-corrected chi connectivity index (χ4v) is 3.86. The van der Waals surface area contributed by atoms with E-state index in [1.165, 1.54) is 50.5 Å². The van der Waals surface area contributed by atoms with Gasteiger partial charge in [0.2, 0.25) is 12.2 Å². The van der Waals surface area contributed by atoms with Gasteiger partial charge in [-0.05, 0) is 48.6 Å². The lowest BCUT2D eigenvalue weighted by Crippen LogP contribution is -2.67. The quantitative estimate of drug-likeness (QED) is 0.203. The predicted octanol–water partition coefficient (Wildman–Crippen LogP) is 2.21. The summed E-state index contributed by atoms with van der Waals surface area (Å²) in [4.78, 5) is 59.8. The smallest absolute Gasteiger partial charge is 0.303 e. The van der Waals surface area contributed by atoms with E-state index >= 15 is 0 Å². The average molecular weight is 544 g/mol. The fourth-order valence-electron chi connectivity index (χ4n) is 3.86. The van der Waals surface area contributed by atoms with Crippen LogP contribution in [0.5, 0.6) is 5.75 Å². The Kier molecular flexibility index (Phi) is 9.98. The average Bonchev–Trinajstić information content (AvgIpc) is 3.38. The number of hydrogen-bond donors (Lipinski definition) is 1. The number of esters is 3. The van der Waals surface area contributed by atoms with E-state index in [4.69, 9.17) is 28.1 Å². The van der Waals surface area contributed by atoms with Crippen molar-refractivity contribution in [2.24, 2.45) is 0 Å². The molecule has 12 heteroatoms. The van der Waals surface area contributed by atoms with Crippen LogP contribution in [0.25, 0.3) is 6.08 Å². The topological polar surface area (TPSA) is 157 Å². The van der Waals surface area contributed by atoms with E-state index in [0.717, 1.165) is 13.8 Å². The van der Waals surface area contributed by atoms with Crippen molar-refractivity contribution in [1.82, 2.24) is 5.32 Å². The second-order valence-corrected chi connectivity index (χ2v) is 8.58. The number of hydrogen-bond acceptors (Lipinski definition) is 11. The highest BCUT2D eigenvalue weighted by atomic mass is 16.7. The Bertz CT molecular complexity index is 1200. The number of ether oxygens (including phenoxy) is 5. The maximum absolute atomic E-state index is 12.5. The lowest BCUT2D eigenvalue weighted by atomic mass is 9.96. The van der Waals surface area contributed by atoms with Crippen LogP contribution in [0.3, 0.4) is 0 Å². The van der Waals surface area contributed by atoms with Crippen LogP contribution in [0, 0.1) is 0 Å². The number of ketones is 1. The minimum absolute atomic E-state index is 0.251. The molecule has 2 heterocycles. The molecule has 0 saturated carbocycles. The van der Waals surface area contributed by atoms with E-state index in [0.29, 0.717) is 11.3 Å². The molecule has 1 saturated heterocycles. The summed E-state index contributed by atoms with van der Waals surface area (Å²) in [7, 11) is 0. The molecule has 1 aliphatic rings. The van der Waals surface area contributed by atoms with Crippen molar-refractivity contribution >= 4 is 35.7 Å². The molecule has 12 nitrogen and oxygen atoms in total. The number of furan rings is 1. The van der Waals surface area contributed by atoms with Gasteiger partial charge in [-0.1, -0.05) is 0 Å². The molecule has 0 unspecified atom stereocenters. The highest BCUT2D eigenvalue weighted by Gasteiger charge is 2.51. The molecule has 0 bridgehead atoms. The van der Waals surface area contributed by atoms with Gasteiger partial charge < -0.3 is 33.4 Å². The molecule has 1 aliphatic heterocycles. The number of nitrogens with one attached hydrogen (secondary N) is 1. The van der Waals surface area contributed by atoms with Crippen molar-refractivity contribution in [2.75, 3.05) is 6.61 Å². The van der Waals surface area contributed by atoms with Crippen LogP contribution in [0.4, 0.5) is 0 Å². The standard InChI is InChI=1S/C27H29NO11/c1-15(29)28-24-26(37-18(4)32)25(36-17(3)31)23(14-35-16(2)30)39-27(24)38-21-9-7-19(8-10-21)22(33)12-11-20-6-5-13-34-20/h5-13,23-27H,14H2,1-4H3,(H,28,29)/b12-11+/t23-,24+,25-,26+,27-/m1/s1. The number of amides is 1. The Labute approximate surface area is 224 Å². The first-order valence-electron chi connectivity index (χ1n) is 12.0. The zero-order valence-corrected chi connectivity index (χ0v) is 21.8. The summed E-state index contributed by atoms with van der Waals surface area (Å²) in [6.07, 6.45) is -0.459. The van der Waals surface area contributed by atoms with Gasteiger partial charge in [-0.2, -0.15) is 0 Å². The molecule has 5 atom stereocenters. The highest BCUT2D eigenvalue weighted by Crippen LogP contribution is 2.29. The van der Waals surface area contributed by atoms with Crippen LogP contribution < -0.4 is 10.1 Å². The van der Waals surface area contributed by atoms with Gasteiger partial charge in [-0.15, -0.1) is 0 Å². The molecule has 0 spiro atoms. The van der Waals surface area contributed by atoms with Crippen LogP contribution >= 0.6 is 0 Å².